The molecule has 2 rings (SSSR count). The predicted octanol–water partition coefficient (Wildman–Crippen LogP) is 4.43. The molecule has 0 bridgehead atoms. The molecule has 2 nitrogen and oxygen atoms in total. The van der Waals surface area contributed by atoms with Gasteiger partial charge in [0, 0.05) is 16.9 Å². The number of halogens is 2. The molecular formula is C15H10ClFN2. The van der Waals surface area contributed by atoms with E-state index >= 15 is 0 Å². The molecule has 0 radical (unpaired) electrons. The zero-order chi connectivity index (χ0) is 13.7. The zero-order valence-corrected chi connectivity index (χ0v) is 10.7. The summed E-state index contributed by atoms with van der Waals surface area (Å²) in [5, 5.41) is 12.5. The average molecular weight is 273 g/mol. The van der Waals surface area contributed by atoms with E-state index in [-0.39, 0.29) is 5.82 Å². The number of anilines is 1. The summed E-state index contributed by atoms with van der Waals surface area (Å²) in [6, 6.07) is 13.2. The molecule has 0 aliphatic rings. The van der Waals surface area contributed by atoms with E-state index in [1.165, 1.54) is 12.1 Å². The topological polar surface area (TPSA) is 35.8 Å². The van der Waals surface area contributed by atoms with Crippen LogP contribution in [-0.4, -0.2) is 0 Å². The van der Waals surface area contributed by atoms with Crippen molar-refractivity contribution in [2.45, 2.75) is 0 Å². The van der Waals surface area contributed by atoms with E-state index in [4.69, 9.17) is 16.9 Å². The highest BCUT2D eigenvalue weighted by molar-refractivity contribution is 6.30. The fraction of sp³-hybridized carbons (Fsp3) is 0. The van der Waals surface area contributed by atoms with Crippen LogP contribution in [0.5, 0.6) is 0 Å². The Morgan fingerprint density at radius 1 is 1.16 bits per heavy atom. The maximum atomic E-state index is 12.7. The first kappa shape index (κ1) is 13.1. The van der Waals surface area contributed by atoms with Gasteiger partial charge in [-0.2, -0.15) is 5.26 Å². The highest BCUT2D eigenvalue weighted by Gasteiger charge is 1.99. The summed E-state index contributed by atoms with van der Waals surface area (Å²) in [6.45, 7) is 0. The van der Waals surface area contributed by atoms with E-state index in [1.807, 2.05) is 0 Å². The maximum absolute atomic E-state index is 12.7. The van der Waals surface area contributed by atoms with Crippen LogP contribution in [-0.2, 0) is 0 Å². The Bertz CT molecular complexity index is 642. The number of nitrogens with one attached hydrogen (secondary N) is 1. The standard InChI is InChI=1S/C15H10ClFN2/c16-13-2-1-11(12(9-13)10-18)7-8-19-15-5-3-14(17)4-6-15/h1-9,19H. The van der Waals surface area contributed by atoms with Crippen molar-refractivity contribution in [1.82, 2.24) is 0 Å². The molecule has 94 valence electrons. The summed E-state index contributed by atoms with van der Waals surface area (Å²) < 4.78 is 12.7. The first-order chi connectivity index (χ1) is 9.19. The summed E-state index contributed by atoms with van der Waals surface area (Å²) in [5.41, 5.74) is 2.04. The van der Waals surface area contributed by atoms with Crippen LogP contribution in [0.15, 0.2) is 48.7 Å². The summed E-state index contributed by atoms with van der Waals surface area (Å²) in [5.74, 6) is -0.279. The van der Waals surface area contributed by atoms with Crippen LogP contribution in [0.25, 0.3) is 6.08 Å². The van der Waals surface area contributed by atoms with Crippen molar-refractivity contribution < 1.29 is 4.39 Å². The molecule has 4 heteroatoms. The molecule has 0 saturated heterocycles. The van der Waals surface area contributed by atoms with Crippen molar-refractivity contribution in [1.29, 1.82) is 5.26 Å². The van der Waals surface area contributed by atoms with Gasteiger partial charge >= 0.3 is 0 Å². The molecule has 0 saturated carbocycles. The quantitative estimate of drug-likeness (QED) is 0.897. The zero-order valence-electron chi connectivity index (χ0n) is 9.90. The van der Waals surface area contributed by atoms with Crippen LogP contribution >= 0.6 is 11.6 Å². The Labute approximate surface area is 115 Å². The Morgan fingerprint density at radius 2 is 1.89 bits per heavy atom. The van der Waals surface area contributed by atoms with E-state index in [0.717, 1.165) is 11.3 Å². The molecule has 0 heterocycles. The van der Waals surface area contributed by atoms with Crippen molar-refractivity contribution in [3.05, 3.63) is 70.6 Å². The van der Waals surface area contributed by atoms with E-state index in [0.29, 0.717) is 10.6 Å². The molecule has 0 amide bonds. The van der Waals surface area contributed by atoms with Gasteiger partial charge in [-0.05, 0) is 48.0 Å². The fourth-order valence-electron chi connectivity index (χ4n) is 1.54. The number of hydrogen-bond acceptors (Lipinski definition) is 2. The van der Waals surface area contributed by atoms with E-state index < -0.39 is 0 Å². The van der Waals surface area contributed by atoms with Gasteiger partial charge in [0.25, 0.3) is 0 Å². The molecule has 0 aliphatic carbocycles. The fourth-order valence-corrected chi connectivity index (χ4v) is 1.72. The summed E-state index contributed by atoms with van der Waals surface area (Å²) >= 11 is 5.81. The minimum absolute atomic E-state index is 0.279. The van der Waals surface area contributed by atoms with Crippen molar-refractivity contribution >= 4 is 23.4 Å². The highest BCUT2D eigenvalue weighted by atomic mass is 35.5. The lowest BCUT2D eigenvalue weighted by Gasteiger charge is -2.01. The normalized spacial score (nSPS) is 10.4. The third-order valence-electron chi connectivity index (χ3n) is 2.49. The SMILES string of the molecule is N#Cc1cc(Cl)ccc1C=CNc1ccc(F)cc1. The summed E-state index contributed by atoms with van der Waals surface area (Å²) in [7, 11) is 0. The van der Waals surface area contributed by atoms with Gasteiger partial charge in [-0.15, -0.1) is 0 Å². The lowest BCUT2D eigenvalue weighted by Crippen LogP contribution is -1.88. The molecule has 0 spiro atoms. The van der Waals surface area contributed by atoms with Crippen LogP contribution in [0.3, 0.4) is 0 Å². The molecule has 0 aromatic heterocycles. The second-order valence-electron chi connectivity index (χ2n) is 3.83. The summed E-state index contributed by atoms with van der Waals surface area (Å²) in [6.07, 6.45) is 3.45. The van der Waals surface area contributed by atoms with Gasteiger partial charge in [0.05, 0.1) is 11.6 Å². The van der Waals surface area contributed by atoms with Crippen molar-refractivity contribution in [2.24, 2.45) is 0 Å². The summed E-state index contributed by atoms with van der Waals surface area (Å²) in [4.78, 5) is 0. The minimum Gasteiger partial charge on any atom is -0.362 e. The Kier molecular flexibility index (Phi) is 4.17. The molecule has 19 heavy (non-hydrogen) atoms. The van der Waals surface area contributed by atoms with Gasteiger partial charge in [-0.25, -0.2) is 4.39 Å². The van der Waals surface area contributed by atoms with E-state index in [1.54, 1.807) is 42.6 Å². The largest absolute Gasteiger partial charge is 0.362 e. The van der Waals surface area contributed by atoms with Crippen LogP contribution in [0, 0.1) is 17.1 Å². The first-order valence-electron chi connectivity index (χ1n) is 5.57. The number of rotatable bonds is 3. The first-order valence-corrected chi connectivity index (χ1v) is 5.95. The monoisotopic (exact) mass is 272 g/mol. The Balaban J connectivity index is 2.11. The molecule has 0 fully saturated rings. The van der Waals surface area contributed by atoms with Crippen LogP contribution in [0.4, 0.5) is 10.1 Å². The molecule has 0 unspecified atom stereocenters. The van der Waals surface area contributed by atoms with Crippen LogP contribution in [0.1, 0.15) is 11.1 Å². The molecule has 1 N–H and O–H groups in total. The number of nitriles is 1. The highest BCUT2D eigenvalue weighted by Crippen LogP contribution is 2.17. The third kappa shape index (κ3) is 3.57. The molecular weight excluding hydrogens is 263 g/mol. The Hall–Kier alpha value is -2.31. The van der Waals surface area contributed by atoms with Gasteiger partial charge in [-0.3, -0.25) is 0 Å². The predicted molar refractivity (Wildman–Crippen MR) is 75.2 cm³/mol. The van der Waals surface area contributed by atoms with E-state index in [9.17, 15) is 4.39 Å². The second kappa shape index (κ2) is 6.03. The van der Waals surface area contributed by atoms with Crippen LogP contribution < -0.4 is 5.32 Å². The van der Waals surface area contributed by atoms with Gasteiger partial charge in [0.1, 0.15) is 5.82 Å². The second-order valence-corrected chi connectivity index (χ2v) is 4.26. The number of hydrogen-bond donors (Lipinski definition) is 1. The van der Waals surface area contributed by atoms with Gasteiger partial charge in [-0.1, -0.05) is 17.7 Å². The lowest BCUT2D eigenvalue weighted by atomic mass is 10.1. The van der Waals surface area contributed by atoms with Gasteiger partial charge < -0.3 is 5.32 Å². The number of nitrogens with zero attached hydrogens (tertiary/aromatic N) is 1. The molecule has 2 aromatic carbocycles. The van der Waals surface area contributed by atoms with Crippen molar-refractivity contribution in [3.8, 4) is 6.07 Å². The van der Waals surface area contributed by atoms with Gasteiger partial charge in [0.15, 0.2) is 0 Å². The van der Waals surface area contributed by atoms with E-state index in [2.05, 4.69) is 11.4 Å². The molecule has 0 atom stereocenters. The third-order valence-corrected chi connectivity index (χ3v) is 2.73. The van der Waals surface area contributed by atoms with Gasteiger partial charge in [0.2, 0.25) is 0 Å². The Morgan fingerprint density at radius 3 is 2.58 bits per heavy atom. The minimum atomic E-state index is -0.279. The molecule has 2 aromatic rings. The average Bonchev–Trinajstić information content (AvgIpc) is 2.42. The maximum Gasteiger partial charge on any atom is 0.123 e. The van der Waals surface area contributed by atoms with Crippen molar-refractivity contribution in [2.75, 3.05) is 5.32 Å². The van der Waals surface area contributed by atoms with Crippen LogP contribution in [0.2, 0.25) is 5.02 Å². The lowest BCUT2D eigenvalue weighted by molar-refractivity contribution is 0.628. The molecule has 0 aliphatic heterocycles. The smallest absolute Gasteiger partial charge is 0.123 e. The number of benzene rings is 2. The van der Waals surface area contributed by atoms with Crippen molar-refractivity contribution in [3.63, 3.8) is 0 Å².